The molecule has 0 radical (unpaired) electrons. The van der Waals surface area contributed by atoms with Crippen LogP contribution >= 0.6 is 0 Å². The summed E-state index contributed by atoms with van der Waals surface area (Å²) in [5, 5.41) is 0. The highest BCUT2D eigenvalue weighted by atomic mass is 19.2. The first-order chi connectivity index (χ1) is 12.2. The summed E-state index contributed by atoms with van der Waals surface area (Å²) in [5.74, 6) is -3.04. The molecule has 0 spiro atoms. The number of allylic oxidation sites excluding steroid dienone is 4. The molecule has 0 aromatic heterocycles. The molecule has 0 aliphatic carbocycles. The van der Waals surface area contributed by atoms with Crippen LogP contribution in [0.5, 0.6) is 0 Å². The first kappa shape index (κ1) is 19.7. The monoisotopic (exact) mass is 360 g/mol. The molecule has 2 aromatic carbocycles. The van der Waals surface area contributed by atoms with Crippen LogP contribution in [0, 0.1) is 18.6 Å². The van der Waals surface area contributed by atoms with Crippen LogP contribution in [0.25, 0.3) is 0 Å². The van der Waals surface area contributed by atoms with E-state index in [0.717, 1.165) is 5.56 Å². The van der Waals surface area contributed by atoms with Crippen LogP contribution < -0.4 is 0 Å². The lowest BCUT2D eigenvalue weighted by Gasteiger charge is -2.09. The quantitative estimate of drug-likeness (QED) is 0.398. The fourth-order valence-corrected chi connectivity index (χ4v) is 2.48. The highest BCUT2D eigenvalue weighted by Gasteiger charge is 2.14. The molecule has 0 nitrogen and oxygen atoms in total. The molecule has 0 aliphatic heterocycles. The zero-order valence-electron chi connectivity index (χ0n) is 14.8. The van der Waals surface area contributed by atoms with E-state index in [1.54, 1.807) is 25.1 Å². The minimum atomic E-state index is -1.11. The molecule has 0 fully saturated rings. The van der Waals surface area contributed by atoms with E-state index in [1.165, 1.54) is 25.1 Å². The van der Waals surface area contributed by atoms with E-state index in [-0.39, 0.29) is 28.9 Å². The Morgan fingerprint density at radius 2 is 1.46 bits per heavy atom. The molecule has 0 saturated heterocycles. The standard InChI is InChI=1S/C22H20F4/c1-13(2)21(25)22(26)15(4)9-18-8-7-17(12-20(18)24)10-16-6-5-14(3)19(23)11-16/h5-8,11-12H,1,4,9-10H2,2-3H3/b22-21-. The van der Waals surface area contributed by atoms with Crippen molar-refractivity contribution in [1.29, 1.82) is 0 Å². The Morgan fingerprint density at radius 3 is 2.00 bits per heavy atom. The van der Waals surface area contributed by atoms with Crippen molar-refractivity contribution in [3.63, 3.8) is 0 Å². The van der Waals surface area contributed by atoms with Crippen molar-refractivity contribution in [2.45, 2.75) is 26.7 Å². The summed E-state index contributed by atoms with van der Waals surface area (Å²) < 4.78 is 55.4. The van der Waals surface area contributed by atoms with Crippen LogP contribution in [-0.2, 0) is 12.8 Å². The van der Waals surface area contributed by atoms with Crippen LogP contribution in [0.3, 0.4) is 0 Å². The van der Waals surface area contributed by atoms with E-state index in [0.29, 0.717) is 17.5 Å². The molecule has 0 amide bonds. The lowest BCUT2D eigenvalue weighted by molar-refractivity contribution is 0.550. The fraction of sp³-hybridized carbons (Fsp3) is 0.182. The minimum Gasteiger partial charge on any atom is -0.207 e. The highest BCUT2D eigenvalue weighted by Crippen LogP contribution is 2.25. The number of hydrogen-bond donors (Lipinski definition) is 0. The van der Waals surface area contributed by atoms with E-state index >= 15 is 0 Å². The Hall–Kier alpha value is -2.62. The summed E-state index contributed by atoms with van der Waals surface area (Å²) in [7, 11) is 0. The summed E-state index contributed by atoms with van der Waals surface area (Å²) in [6.07, 6.45) is 0.214. The van der Waals surface area contributed by atoms with Gasteiger partial charge < -0.3 is 0 Å². The Labute approximate surface area is 151 Å². The van der Waals surface area contributed by atoms with Gasteiger partial charge in [0.2, 0.25) is 0 Å². The largest absolute Gasteiger partial charge is 0.207 e. The zero-order chi connectivity index (χ0) is 19.4. The summed E-state index contributed by atoms with van der Waals surface area (Å²) in [4.78, 5) is 0. The predicted octanol–water partition coefficient (Wildman–Crippen LogP) is 6.69. The maximum atomic E-state index is 14.3. The topological polar surface area (TPSA) is 0 Å². The third-order valence-corrected chi connectivity index (χ3v) is 4.04. The van der Waals surface area contributed by atoms with E-state index < -0.39 is 17.5 Å². The number of aryl methyl sites for hydroxylation is 1. The van der Waals surface area contributed by atoms with Gasteiger partial charge in [0.15, 0.2) is 11.7 Å². The average molecular weight is 360 g/mol. The highest BCUT2D eigenvalue weighted by molar-refractivity contribution is 5.39. The van der Waals surface area contributed by atoms with Crippen LogP contribution in [0.1, 0.15) is 29.2 Å². The van der Waals surface area contributed by atoms with Crippen molar-refractivity contribution in [3.05, 3.63) is 106 Å². The van der Waals surface area contributed by atoms with E-state index in [2.05, 4.69) is 13.2 Å². The van der Waals surface area contributed by atoms with Gasteiger partial charge in [0.1, 0.15) is 11.6 Å². The number of halogens is 4. The number of hydrogen-bond acceptors (Lipinski definition) is 0. The maximum Gasteiger partial charge on any atom is 0.162 e. The second kappa shape index (κ2) is 8.17. The predicted molar refractivity (Wildman–Crippen MR) is 97.2 cm³/mol. The van der Waals surface area contributed by atoms with Crippen LogP contribution in [-0.4, -0.2) is 0 Å². The third kappa shape index (κ3) is 4.72. The molecular formula is C22H20F4. The van der Waals surface area contributed by atoms with E-state index in [1.807, 2.05) is 0 Å². The lowest BCUT2D eigenvalue weighted by atomic mass is 9.99. The summed E-state index contributed by atoms with van der Waals surface area (Å²) in [5.41, 5.74) is 1.93. The Balaban J connectivity index is 2.16. The fourth-order valence-electron chi connectivity index (χ4n) is 2.48. The van der Waals surface area contributed by atoms with Crippen molar-refractivity contribution >= 4 is 0 Å². The SMILES string of the molecule is C=C(C)/C(F)=C(/F)C(=C)Cc1ccc(Cc2ccc(C)c(F)c2)cc1F. The van der Waals surface area contributed by atoms with Gasteiger partial charge in [0, 0.05) is 6.42 Å². The van der Waals surface area contributed by atoms with Gasteiger partial charge in [-0.15, -0.1) is 0 Å². The van der Waals surface area contributed by atoms with Crippen molar-refractivity contribution in [1.82, 2.24) is 0 Å². The van der Waals surface area contributed by atoms with Gasteiger partial charge in [-0.25, -0.2) is 17.6 Å². The van der Waals surface area contributed by atoms with Crippen molar-refractivity contribution in [3.8, 4) is 0 Å². The Kier molecular flexibility index (Phi) is 6.19. The van der Waals surface area contributed by atoms with Gasteiger partial charge in [0.05, 0.1) is 0 Å². The molecule has 0 bridgehead atoms. The van der Waals surface area contributed by atoms with Gasteiger partial charge in [0.25, 0.3) is 0 Å². The third-order valence-electron chi connectivity index (χ3n) is 4.04. The van der Waals surface area contributed by atoms with Crippen LogP contribution in [0.15, 0.2) is 72.4 Å². The molecule has 136 valence electrons. The van der Waals surface area contributed by atoms with E-state index in [4.69, 9.17) is 0 Å². The first-order valence-corrected chi connectivity index (χ1v) is 8.10. The first-order valence-electron chi connectivity index (χ1n) is 8.10. The van der Waals surface area contributed by atoms with E-state index in [9.17, 15) is 17.6 Å². The molecule has 0 heterocycles. The van der Waals surface area contributed by atoms with Crippen LogP contribution in [0.4, 0.5) is 17.6 Å². The summed E-state index contributed by atoms with van der Waals surface area (Å²) in [6.45, 7) is 9.82. The molecule has 0 aliphatic rings. The molecule has 0 unspecified atom stereocenters. The van der Waals surface area contributed by atoms with Gasteiger partial charge in [-0.3, -0.25) is 0 Å². The minimum absolute atomic E-state index is 0.0511. The van der Waals surface area contributed by atoms with Crippen molar-refractivity contribution < 1.29 is 17.6 Å². The van der Waals surface area contributed by atoms with Gasteiger partial charge in [-0.2, -0.15) is 0 Å². The average Bonchev–Trinajstić information content (AvgIpc) is 2.59. The molecule has 4 heteroatoms. The smallest absolute Gasteiger partial charge is 0.162 e. The number of rotatable bonds is 6. The molecular weight excluding hydrogens is 340 g/mol. The van der Waals surface area contributed by atoms with Crippen LogP contribution in [0.2, 0.25) is 0 Å². The van der Waals surface area contributed by atoms with Gasteiger partial charge in [-0.05, 0) is 65.8 Å². The molecule has 0 N–H and O–H groups in total. The molecule has 0 saturated carbocycles. The normalized spacial score (nSPS) is 11.9. The van der Waals surface area contributed by atoms with Gasteiger partial charge in [-0.1, -0.05) is 37.4 Å². The Morgan fingerprint density at radius 1 is 0.885 bits per heavy atom. The molecule has 26 heavy (non-hydrogen) atoms. The molecule has 2 rings (SSSR count). The second-order valence-electron chi connectivity index (χ2n) is 6.37. The van der Waals surface area contributed by atoms with Crippen molar-refractivity contribution in [2.24, 2.45) is 0 Å². The lowest BCUT2D eigenvalue weighted by Crippen LogP contribution is -1.98. The molecule has 0 atom stereocenters. The van der Waals surface area contributed by atoms with Gasteiger partial charge >= 0.3 is 0 Å². The second-order valence-corrected chi connectivity index (χ2v) is 6.37. The number of benzene rings is 2. The van der Waals surface area contributed by atoms with Crippen molar-refractivity contribution in [2.75, 3.05) is 0 Å². The summed E-state index contributed by atoms with van der Waals surface area (Å²) in [6, 6.07) is 9.38. The zero-order valence-corrected chi connectivity index (χ0v) is 14.8. The maximum absolute atomic E-state index is 14.3. The summed E-state index contributed by atoms with van der Waals surface area (Å²) >= 11 is 0. The molecule has 2 aromatic rings. The Bertz CT molecular complexity index is 891.